The first kappa shape index (κ1) is 16.1. The molecule has 0 aromatic heterocycles. The van der Waals surface area contributed by atoms with Gasteiger partial charge in [0.1, 0.15) is 0 Å². The highest BCUT2D eigenvalue weighted by atomic mass is 35.5. The van der Waals surface area contributed by atoms with E-state index in [2.05, 4.69) is 21.2 Å². The summed E-state index contributed by atoms with van der Waals surface area (Å²) in [5.41, 5.74) is 6.43. The quantitative estimate of drug-likeness (QED) is 0.767. The van der Waals surface area contributed by atoms with Gasteiger partial charge in [0.15, 0.2) is 0 Å². The lowest BCUT2D eigenvalue weighted by molar-refractivity contribution is -0.119. The van der Waals surface area contributed by atoms with Gasteiger partial charge in [-0.1, -0.05) is 17.7 Å². The van der Waals surface area contributed by atoms with E-state index in [1.807, 2.05) is 18.2 Å². The van der Waals surface area contributed by atoms with Gasteiger partial charge in [-0.05, 0) is 31.2 Å². The molecule has 6 heteroatoms. The average molecular weight is 311 g/mol. The van der Waals surface area contributed by atoms with Gasteiger partial charge in [0.25, 0.3) is 0 Å². The Kier molecular flexibility index (Phi) is 6.29. The number of carbonyl (C=O) groups is 1. The Balaban J connectivity index is 1.67. The van der Waals surface area contributed by atoms with Crippen molar-refractivity contribution in [3.05, 3.63) is 29.3 Å². The third-order valence-corrected chi connectivity index (χ3v) is 3.94. The first-order valence-corrected chi connectivity index (χ1v) is 7.76. The lowest BCUT2D eigenvalue weighted by Gasteiger charge is -2.36. The van der Waals surface area contributed by atoms with Gasteiger partial charge in [-0.15, -0.1) is 0 Å². The highest BCUT2D eigenvalue weighted by Crippen LogP contribution is 2.20. The summed E-state index contributed by atoms with van der Waals surface area (Å²) in [5, 5.41) is 3.58. The molecule has 1 aromatic rings. The summed E-state index contributed by atoms with van der Waals surface area (Å²) in [5.74, 6) is -0.0826. The van der Waals surface area contributed by atoms with E-state index in [4.69, 9.17) is 17.3 Å². The van der Waals surface area contributed by atoms with E-state index in [1.165, 1.54) is 5.69 Å². The summed E-state index contributed by atoms with van der Waals surface area (Å²) in [6, 6.07) is 8.00. The highest BCUT2D eigenvalue weighted by molar-refractivity contribution is 6.30. The van der Waals surface area contributed by atoms with Gasteiger partial charge < -0.3 is 16.0 Å². The number of hydrogen-bond donors (Lipinski definition) is 2. The molecule has 21 heavy (non-hydrogen) atoms. The smallest absolute Gasteiger partial charge is 0.233 e. The molecule has 116 valence electrons. The number of nitrogens with zero attached hydrogens (tertiary/aromatic N) is 2. The minimum atomic E-state index is -0.0826. The van der Waals surface area contributed by atoms with Crippen LogP contribution in [0.2, 0.25) is 5.02 Å². The number of benzene rings is 1. The van der Waals surface area contributed by atoms with Gasteiger partial charge in [0.2, 0.25) is 5.91 Å². The van der Waals surface area contributed by atoms with Crippen molar-refractivity contribution in [1.82, 2.24) is 10.2 Å². The van der Waals surface area contributed by atoms with Gasteiger partial charge in [0.05, 0.1) is 6.54 Å². The van der Waals surface area contributed by atoms with Crippen LogP contribution in [0, 0.1) is 0 Å². The molecule has 1 aromatic carbocycles. The summed E-state index contributed by atoms with van der Waals surface area (Å²) in [6.07, 6.45) is 0.961. The van der Waals surface area contributed by atoms with Crippen molar-refractivity contribution in [3.63, 3.8) is 0 Å². The normalized spacial score (nSPS) is 16.0. The molecule has 2 rings (SSSR count). The molecule has 1 aliphatic rings. The monoisotopic (exact) mass is 310 g/mol. The van der Waals surface area contributed by atoms with Gasteiger partial charge >= 0.3 is 0 Å². The van der Waals surface area contributed by atoms with Crippen molar-refractivity contribution in [1.29, 1.82) is 0 Å². The second-order valence-corrected chi connectivity index (χ2v) is 5.65. The number of hydrogen-bond acceptors (Lipinski definition) is 4. The van der Waals surface area contributed by atoms with E-state index in [0.717, 1.165) is 44.2 Å². The lowest BCUT2D eigenvalue weighted by Crippen LogP contribution is -2.47. The summed E-state index contributed by atoms with van der Waals surface area (Å²) < 4.78 is 0. The molecule has 0 unspecified atom stereocenters. The van der Waals surface area contributed by atoms with E-state index in [0.29, 0.717) is 6.54 Å². The van der Waals surface area contributed by atoms with Crippen LogP contribution in [-0.4, -0.2) is 56.6 Å². The first-order valence-electron chi connectivity index (χ1n) is 7.38. The van der Waals surface area contributed by atoms with Gasteiger partial charge in [-0.2, -0.15) is 0 Å². The molecule has 0 atom stereocenters. The first-order chi connectivity index (χ1) is 10.2. The van der Waals surface area contributed by atoms with Crippen molar-refractivity contribution in [2.75, 3.05) is 50.7 Å². The largest absolute Gasteiger partial charge is 0.369 e. The zero-order valence-electron chi connectivity index (χ0n) is 12.2. The van der Waals surface area contributed by atoms with E-state index in [-0.39, 0.29) is 12.5 Å². The molecule has 0 bridgehead atoms. The molecule has 0 aliphatic carbocycles. The Morgan fingerprint density at radius 2 is 2.05 bits per heavy atom. The predicted molar refractivity (Wildman–Crippen MR) is 86.8 cm³/mol. The molecule has 0 saturated carbocycles. The third kappa shape index (κ3) is 5.19. The average Bonchev–Trinajstić information content (AvgIpc) is 2.52. The standard InChI is InChI=1S/C15H23ClN4O/c16-13-3-1-4-14(11-13)20-9-7-19(8-10-20)6-2-5-18-15(21)12-17/h1,3-4,11H,2,5-10,12,17H2,(H,18,21). The van der Waals surface area contributed by atoms with Crippen LogP contribution in [-0.2, 0) is 4.79 Å². The summed E-state index contributed by atoms with van der Waals surface area (Å²) in [7, 11) is 0. The maximum absolute atomic E-state index is 11.0. The number of nitrogens with one attached hydrogen (secondary N) is 1. The molecule has 1 amide bonds. The zero-order chi connectivity index (χ0) is 15.1. The Morgan fingerprint density at radius 3 is 2.71 bits per heavy atom. The van der Waals surface area contributed by atoms with E-state index >= 15 is 0 Å². The Hall–Kier alpha value is -1.30. The molecule has 1 heterocycles. The topological polar surface area (TPSA) is 61.6 Å². The van der Waals surface area contributed by atoms with Crippen LogP contribution in [0.1, 0.15) is 6.42 Å². The zero-order valence-corrected chi connectivity index (χ0v) is 13.0. The molecule has 3 N–H and O–H groups in total. The van der Waals surface area contributed by atoms with Gasteiger partial charge in [-0.25, -0.2) is 0 Å². The minimum absolute atomic E-state index is 0.0678. The molecule has 0 radical (unpaired) electrons. The fourth-order valence-electron chi connectivity index (χ4n) is 2.51. The number of halogens is 1. The van der Waals surface area contributed by atoms with E-state index in [1.54, 1.807) is 0 Å². The van der Waals surface area contributed by atoms with Crippen molar-refractivity contribution in [3.8, 4) is 0 Å². The Bertz CT molecular complexity index is 461. The van der Waals surface area contributed by atoms with Crippen LogP contribution in [0.15, 0.2) is 24.3 Å². The van der Waals surface area contributed by atoms with Crippen molar-refractivity contribution < 1.29 is 4.79 Å². The number of amides is 1. The highest BCUT2D eigenvalue weighted by Gasteiger charge is 2.16. The summed E-state index contributed by atoms with van der Waals surface area (Å²) in [4.78, 5) is 15.8. The molecule has 5 nitrogen and oxygen atoms in total. The van der Waals surface area contributed by atoms with Crippen LogP contribution in [0.3, 0.4) is 0 Å². The number of anilines is 1. The lowest BCUT2D eigenvalue weighted by atomic mass is 10.2. The van der Waals surface area contributed by atoms with Crippen LogP contribution in [0.5, 0.6) is 0 Å². The number of carbonyl (C=O) groups excluding carboxylic acids is 1. The van der Waals surface area contributed by atoms with E-state index in [9.17, 15) is 4.79 Å². The maximum Gasteiger partial charge on any atom is 0.233 e. The molecule has 1 aliphatic heterocycles. The van der Waals surface area contributed by atoms with Crippen LogP contribution >= 0.6 is 11.6 Å². The summed E-state index contributed by atoms with van der Waals surface area (Å²) in [6.45, 7) is 5.87. The number of piperazine rings is 1. The fraction of sp³-hybridized carbons (Fsp3) is 0.533. The van der Waals surface area contributed by atoms with Crippen LogP contribution < -0.4 is 16.0 Å². The minimum Gasteiger partial charge on any atom is -0.369 e. The predicted octanol–water partition coefficient (Wildman–Crippen LogP) is 0.927. The summed E-state index contributed by atoms with van der Waals surface area (Å²) >= 11 is 6.03. The van der Waals surface area contributed by atoms with Crippen LogP contribution in [0.25, 0.3) is 0 Å². The van der Waals surface area contributed by atoms with Crippen molar-refractivity contribution >= 4 is 23.2 Å². The van der Waals surface area contributed by atoms with Gasteiger partial charge in [-0.3, -0.25) is 9.69 Å². The number of rotatable bonds is 6. The van der Waals surface area contributed by atoms with Gasteiger partial charge in [0, 0.05) is 43.4 Å². The fourth-order valence-corrected chi connectivity index (χ4v) is 2.69. The molecular weight excluding hydrogens is 288 g/mol. The maximum atomic E-state index is 11.0. The SMILES string of the molecule is NCC(=O)NCCCN1CCN(c2cccc(Cl)c2)CC1. The Morgan fingerprint density at radius 1 is 1.29 bits per heavy atom. The van der Waals surface area contributed by atoms with E-state index < -0.39 is 0 Å². The second kappa shape index (κ2) is 8.22. The second-order valence-electron chi connectivity index (χ2n) is 5.22. The molecule has 1 fully saturated rings. The van der Waals surface area contributed by atoms with Crippen molar-refractivity contribution in [2.24, 2.45) is 5.73 Å². The Labute approximate surface area is 131 Å². The number of nitrogens with two attached hydrogens (primary N) is 1. The molecular formula is C15H23ClN4O. The molecule has 1 saturated heterocycles. The van der Waals surface area contributed by atoms with Crippen molar-refractivity contribution in [2.45, 2.75) is 6.42 Å². The molecule has 0 spiro atoms. The third-order valence-electron chi connectivity index (χ3n) is 3.70. The van der Waals surface area contributed by atoms with Crippen LogP contribution in [0.4, 0.5) is 5.69 Å².